The quantitative estimate of drug-likeness (QED) is 0.0199. The summed E-state index contributed by atoms with van der Waals surface area (Å²) in [5, 5.41) is 40.4. The van der Waals surface area contributed by atoms with Gasteiger partial charge in [0.2, 0.25) is 29.5 Å². The fourth-order valence-electron chi connectivity index (χ4n) is 10.2. The number of hydrogen-bond donors (Lipinski definition) is 8. The number of nitrogens with zero attached hydrogens (tertiary/aromatic N) is 3. The minimum absolute atomic E-state index is 0.0130. The number of carbonyl (C=O) groups excluding carboxylic acids is 8. The Kier molecular flexibility index (Phi) is 14.7. The number of carbonyl (C=O) groups is 8. The Morgan fingerprint density at radius 3 is 2.36 bits per heavy atom. The highest BCUT2D eigenvalue weighted by atomic mass is 19.1. The molecule has 0 saturated heterocycles. The van der Waals surface area contributed by atoms with E-state index in [4.69, 9.17) is 14.5 Å². The molecule has 5 aromatic rings. The molecule has 4 atom stereocenters. The smallest absolute Gasteiger partial charge is 0.343 e. The number of fused-ring (bicyclic) bond motifs is 4. The number of aliphatic hydroxyl groups is 2. The number of benzene rings is 2. The van der Waals surface area contributed by atoms with Crippen molar-refractivity contribution >= 4 is 80.3 Å². The third-order valence-corrected chi connectivity index (χ3v) is 14.1. The van der Waals surface area contributed by atoms with Gasteiger partial charge in [-0.2, -0.15) is 0 Å². The molecule has 23 heteroatoms. The maximum Gasteiger partial charge on any atom is 0.343 e. The number of esters is 1. The van der Waals surface area contributed by atoms with Crippen molar-refractivity contribution in [2.24, 2.45) is 0 Å². The molecule has 392 valence electrons. The van der Waals surface area contributed by atoms with Crippen LogP contribution in [0.4, 0.5) is 4.39 Å². The molecule has 1 aliphatic carbocycles. The van der Waals surface area contributed by atoms with E-state index in [-0.39, 0.29) is 70.8 Å². The lowest BCUT2D eigenvalue weighted by Gasteiger charge is -2.33. The minimum Gasteiger partial charge on any atom is -0.458 e. The number of cyclic esters (lactones) is 1. The van der Waals surface area contributed by atoms with Crippen LogP contribution in [0.25, 0.3) is 33.0 Å². The van der Waals surface area contributed by atoms with Crippen LogP contribution in [0, 0.1) is 12.7 Å². The summed E-state index contributed by atoms with van der Waals surface area (Å²) in [6, 6.07) is 9.90. The van der Waals surface area contributed by atoms with E-state index in [0.29, 0.717) is 59.5 Å². The van der Waals surface area contributed by atoms with E-state index in [1.165, 1.54) is 28.7 Å². The molecular weight excluding hydrogens is 978 g/mol. The first-order valence-corrected chi connectivity index (χ1v) is 24.6. The lowest BCUT2D eigenvalue weighted by Crippen LogP contribution is -2.52. The number of ether oxygens (including phenoxy) is 2. The van der Waals surface area contributed by atoms with Crippen molar-refractivity contribution in [3.05, 3.63) is 110 Å². The number of hydrogen-bond acceptors (Lipinski definition) is 15. The van der Waals surface area contributed by atoms with Gasteiger partial charge < -0.3 is 51.6 Å². The Morgan fingerprint density at radius 2 is 1.61 bits per heavy atom. The zero-order valence-electron chi connectivity index (χ0n) is 40.9. The van der Waals surface area contributed by atoms with Crippen molar-refractivity contribution in [2.45, 2.75) is 95.8 Å². The number of amides is 7. The number of aliphatic hydroxyl groups excluding tert-OH is 1. The average molecular weight is 1030 g/mol. The van der Waals surface area contributed by atoms with E-state index in [0.717, 1.165) is 16.0 Å². The fourth-order valence-corrected chi connectivity index (χ4v) is 10.2. The highest BCUT2D eigenvalue weighted by molar-refractivity contribution is 6.13. The summed E-state index contributed by atoms with van der Waals surface area (Å²) in [7, 11) is 0. The molecule has 3 aliphatic heterocycles. The molecule has 0 spiro atoms. The van der Waals surface area contributed by atoms with Gasteiger partial charge in [-0.3, -0.25) is 47.7 Å². The van der Waals surface area contributed by atoms with Gasteiger partial charge in [-0.25, -0.2) is 14.2 Å². The monoisotopic (exact) mass is 1030 g/mol. The number of halogens is 1. The molecule has 22 nitrogen and oxygen atoms in total. The highest BCUT2D eigenvalue weighted by Crippen LogP contribution is 2.44. The largest absolute Gasteiger partial charge is 0.458 e. The third-order valence-electron chi connectivity index (χ3n) is 14.1. The number of rotatable bonds is 21. The summed E-state index contributed by atoms with van der Waals surface area (Å²) in [6.07, 6.45) is 3.08. The summed E-state index contributed by atoms with van der Waals surface area (Å²) in [6.45, 7) is 0.959. The van der Waals surface area contributed by atoms with E-state index < -0.39 is 104 Å². The Hall–Kier alpha value is -8.15. The second-order valence-electron chi connectivity index (χ2n) is 18.8. The lowest BCUT2D eigenvalue weighted by atomic mass is 9.81. The summed E-state index contributed by atoms with van der Waals surface area (Å²) in [5.74, 6) is -5.39. The standard InChI is InChI=1S/C52H54FN9O13/c1-3-52(73)30-19-35-45-44-43-32(14-13-28-26(2)31(53)20-33(60-45)42(28)43)59-46(47(44)62(35)49(70)29(30)24-74-51(52)72)50(71)75-25-57-38(65)22-56-48(69)34(18-27-10-6-4-7-11-27)58-39(66)23-55-37(64)21-54-36(63)12-8-5-9-17-61-40(67)15-16-41(61)68/h4,6-7,10-11,15-16,19-20,32,34,50,59,71,73H,3,5,8-9,12-14,17-18,21-25H2,1-2H3,(H,54,63)(H,55,64)(H,56,69)(H,57,65)(H,58,66)/t32-,34-,50-,52-/m0/s1. The van der Waals surface area contributed by atoms with E-state index in [2.05, 4.69) is 31.9 Å². The predicted molar refractivity (Wildman–Crippen MR) is 264 cm³/mol. The van der Waals surface area contributed by atoms with Crippen LogP contribution in [0.2, 0.25) is 0 Å². The van der Waals surface area contributed by atoms with E-state index in [1.807, 2.05) is 0 Å². The van der Waals surface area contributed by atoms with Gasteiger partial charge >= 0.3 is 5.97 Å². The number of unbranched alkanes of at least 4 members (excludes halogenated alkanes) is 2. The number of imide groups is 1. The maximum atomic E-state index is 15.4. The van der Waals surface area contributed by atoms with Crippen LogP contribution < -0.4 is 42.8 Å². The SMILES string of the molecule is CC[C@@]1(O)C(=O)OCc2c1cc1c3nc4cc(F)c(C)c5c4c4c3c(n1c2=O)=C([C@@H](O)OCNC(=O)CNC(=O)[C@H](Cc1ccccc1)NC(=O)CNC(=O)CNC(=O)CCCCCN1C(=O)C=CC1=O)N[C@H]4CC5. The molecule has 0 bridgehead atoms. The molecule has 7 amide bonds. The fraction of sp³-hybridized carbons (Fsp3) is 0.385. The average Bonchev–Trinajstić information content (AvgIpc) is 3.91. The molecule has 6 heterocycles. The van der Waals surface area contributed by atoms with Gasteiger partial charge in [-0.15, -0.1) is 0 Å². The van der Waals surface area contributed by atoms with Gasteiger partial charge in [0.1, 0.15) is 25.2 Å². The number of pyridine rings is 2. The number of aromatic nitrogens is 2. The van der Waals surface area contributed by atoms with Crippen molar-refractivity contribution in [3.63, 3.8) is 0 Å². The predicted octanol–water partition coefficient (Wildman–Crippen LogP) is -0.509. The molecule has 0 radical (unpaired) electrons. The zero-order chi connectivity index (χ0) is 53.3. The highest BCUT2D eigenvalue weighted by Gasteiger charge is 2.45. The van der Waals surface area contributed by atoms with Crippen LogP contribution in [-0.2, 0) is 72.9 Å². The molecule has 0 saturated carbocycles. The van der Waals surface area contributed by atoms with Crippen LogP contribution >= 0.6 is 0 Å². The van der Waals surface area contributed by atoms with Crippen molar-refractivity contribution in [2.75, 3.05) is 32.9 Å². The van der Waals surface area contributed by atoms with Crippen molar-refractivity contribution < 1.29 is 62.4 Å². The number of aryl methyl sites for hydroxylation is 1. The molecular formula is C52H54FN9O13. The van der Waals surface area contributed by atoms with E-state index in [9.17, 15) is 53.4 Å². The lowest BCUT2D eigenvalue weighted by molar-refractivity contribution is -0.172. The molecule has 9 rings (SSSR count). The molecule has 4 aliphatic rings. The molecule has 0 fully saturated rings. The van der Waals surface area contributed by atoms with Crippen LogP contribution in [0.3, 0.4) is 0 Å². The van der Waals surface area contributed by atoms with Crippen molar-refractivity contribution in [1.29, 1.82) is 0 Å². The van der Waals surface area contributed by atoms with Crippen LogP contribution in [0.1, 0.15) is 84.9 Å². The number of nitrogens with one attached hydrogen (secondary N) is 6. The molecule has 3 aromatic heterocycles. The molecule has 2 aromatic carbocycles. The Balaban J connectivity index is 0.832. The van der Waals surface area contributed by atoms with Crippen LogP contribution in [-0.4, -0.2) is 117 Å². The Morgan fingerprint density at radius 1 is 0.907 bits per heavy atom. The van der Waals surface area contributed by atoms with Gasteiger partial charge in [0.15, 0.2) is 11.9 Å². The third kappa shape index (κ3) is 10.1. The van der Waals surface area contributed by atoms with Gasteiger partial charge in [-0.1, -0.05) is 43.7 Å². The summed E-state index contributed by atoms with van der Waals surface area (Å²) >= 11 is 0. The normalized spacial score (nSPS) is 18.2. The van der Waals surface area contributed by atoms with Gasteiger partial charge in [-0.05, 0) is 67.3 Å². The molecule has 75 heavy (non-hydrogen) atoms. The van der Waals surface area contributed by atoms with E-state index in [1.54, 1.807) is 44.2 Å². The van der Waals surface area contributed by atoms with Gasteiger partial charge in [0.05, 0.1) is 58.8 Å². The topological polar surface area (TPSA) is 305 Å². The summed E-state index contributed by atoms with van der Waals surface area (Å²) < 4.78 is 27.7. The van der Waals surface area contributed by atoms with Gasteiger partial charge in [0, 0.05) is 53.9 Å². The van der Waals surface area contributed by atoms with Crippen LogP contribution in [0.15, 0.2) is 59.4 Å². The maximum absolute atomic E-state index is 15.4. The summed E-state index contributed by atoms with van der Waals surface area (Å²) in [5.41, 5.74) is 0.758. The van der Waals surface area contributed by atoms with Gasteiger partial charge in [0.25, 0.3) is 17.4 Å². The second kappa shape index (κ2) is 21.4. The Labute approximate surface area is 426 Å². The zero-order valence-corrected chi connectivity index (χ0v) is 40.9. The minimum atomic E-state index is -2.13. The molecule has 0 unspecified atom stereocenters. The van der Waals surface area contributed by atoms with Crippen molar-refractivity contribution in [1.82, 2.24) is 46.2 Å². The first kappa shape index (κ1) is 51.7. The first-order valence-electron chi connectivity index (χ1n) is 24.6. The summed E-state index contributed by atoms with van der Waals surface area (Å²) in [4.78, 5) is 121. The molecule has 8 N–H and O–H groups in total. The Bertz CT molecular complexity index is 3360. The van der Waals surface area contributed by atoms with E-state index >= 15 is 4.39 Å². The van der Waals surface area contributed by atoms with Crippen molar-refractivity contribution in [3.8, 4) is 0 Å². The second-order valence-corrected chi connectivity index (χ2v) is 18.8. The first-order chi connectivity index (χ1) is 36.0. The van der Waals surface area contributed by atoms with Crippen LogP contribution in [0.5, 0.6) is 0 Å².